The number of rotatable bonds is 4. The summed E-state index contributed by atoms with van der Waals surface area (Å²) in [6.07, 6.45) is 0. The van der Waals surface area contributed by atoms with Crippen LogP contribution in [0.2, 0.25) is 0 Å². The molecule has 112 valence electrons. The van der Waals surface area contributed by atoms with Gasteiger partial charge in [-0.2, -0.15) is 0 Å². The normalized spacial score (nSPS) is 11.6. The van der Waals surface area contributed by atoms with E-state index in [4.69, 9.17) is 5.11 Å². The number of carboxylic acids is 1. The Morgan fingerprint density at radius 1 is 1.38 bits per heavy atom. The molecule has 0 saturated carbocycles. The zero-order valence-electron chi connectivity index (χ0n) is 11.3. The fraction of sp³-hybridized carbons (Fsp3) is 0.231. The minimum atomic E-state index is -3.63. The van der Waals surface area contributed by atoms with E-state index in [0.717, 1.165) is 16.6 Å². The van der Waals surface area contributed by atoms with Crippen molar-refractivity contribution in [1.29, 1.82) is 0 Å². The minimum absolute atomic E-state index is 0.0198. The molecule has 0 atom stereocenters. The van der Waals surface area contributed by atoms with Crippen molar-refractivity contribution in [3.8, 4) is 0 Å². The predicted octanol–water partition coefficient (Wildman–Crippen LogP) is 3.19. The molecule has 2 aromatic rings. The van der Waals surface area contributed by atoms with Crippen molar-refractivity contribution in [2.24, 2.45) is 0 Å². The van der Waals surface area contributed by atoms with Gasteiger partial charge in [0.1, 0.15) is 10.8 Å². The van der Waals surface area contributed by atoms with Crippen LogP contribution in [-0.2, 0) is 15.6 Å². The van der Waals surface area contributed by atoms with Gasteiger partial charge in [-0.05, 0) is 48.0 Å². The van der Waals surface area contributed by atoms with Gasteiger partial charge in [0, 0.05) is 9.35 Å². The fourth-order valence-corrected chi connectivity index (χ4v) is 4.68. The Morgan fingerprint density at radius 3 is 2.57 bits per heavy atom. The van der Waals surface area contributed by atoms with Crippen molar-refractivity contribution in [1.82, 2.24) is 4.98 Å². The van der Waals surface area contributed by atoms with Crippen molar-refractivity contribution in [3.05, 3.63) is 43.8 Å². The van der Waals surface area contributed by atoms with Gasteiger partial charge in [0.05, 0.1) is 16.2 Å². The van der Waals surface area contributed by atoms with Crippen LogP contribution in [0, 0.1) is 13.8 Å². The van der Waals surface area contributed by atoms with E-state index in [1.807, 2.05) is 13.8 Å². The van der Waals surface area contributed by atoms with Gasteiger partial charge < -0.3 is 5.11 Å². The monoisotopic (exact) mass is 389 g/mol. The summed E-state index contributed by atoms with van der Waals surface area (Å²) in [6.45, 7) is 3.70. The van der Waals surface area contributed by atoms with Gasteiger partial charge in [-0.15, -0.1) is 11.3 Å². The van der Waals surface area contributed by atoms with Crippen LogP contribution in [0.4, 0.5) is 0 Å². The summed E-state index contributed by atoms with van der Waals surface area (Å²) < 4.78 is 25.1. The third-order valence-corrected chi connectivity index (χ3v) is 6.49. The van der Waals surface area contributed by atoms with Gasteiger partial charge in [-0.25, -0.2) is 18.2 Å². The number of aromatic nitrogens is 1. The lowest BCUT2D eigenvalue weighted by atomic mass is 10.2. The summed E-state index contributed by atoms with van der Waals surface area (Å²) in [7, 11) is -3.63. The van der Waals surface area contributed by atoms with E-state index in [2.05, 4.69) is 20.9 Å². The third-order valence-electron chi connectivity index (χ3n) is 2.91. The molecule has 0 aliphatic rings. The molecule has 0 aliphatic heterocycles. The van der Waals surface area contributed by atoms with Crippen LogP contribution in [0.5, 0.6) is 0 Å². The summed E-state index contributed by atoms with van der Waals surface area (Å²) in [4.78, 5) is 16.2. The van der Waals surface area contributed by atoms with Gasteiger partial charge in [0.15, 0.2) is 9.84 Å². The Labute approximate surface area is 134 Å². The summed E-state index contributed by atoms with van der Waals surface area (Å²) in [5, 5.41) is 9.55. The van der Waals surface area contributed by atoms with Crippen molar-refractivity contribution in [2.75, 3.05) is 0 Å². The number of hydrogen-bond donors (Lipinski definition) is 1. The van der Waals surface area contributed by atoms with Gasteiger partial charge in [0.25, 0.3) is 0 Å². The minimum Gasteiger partial charge on any atom is -0.478 e. The highest BCUT2D eigenvalue weighted by Crippen LogP contribution is 2.25. The van der Waals surface area contributed by atoms with Gasteiger partial charge in [-0.1, -0.05) is 0 Å². The molecule has 0 fully saturated rings. The number of nitrogens with zero attached hydrogens (tertiary/aromatic N) is 1. The van der Waals surface area contributed by atoms with Crippen molar-refractivity contribution in [3.63, 3.8) is 0 Å². The maximum Gasteiger partial charge on any atom is 0.336 e. The molecule has 1 heterocycles. The molecule has 1 aromatic carbocycles. The van der Waals surface area contributed by atoms with Gasteiger partial charge >= 0.3 is 5.97 Å². The van der Waals surface area contributed by atoms with Crippen LogP contribution in [0.1, 0.15) is 25.9 Å². The molecule has 0 unspecified atom stereocenters. The van der Waals surface area contributed by atoms with Gasteiger partial charge in [-0.3, -0.25) is 0 Å². The Bertz CT molecular complexity index is 792. The zero-order valence-corrected chi connectivity index (χ0v) is 14.5. The molecule has 8 heteroatoms. The van der Waals surface area contributed by atoms with Crippen LogP contribution in [-0.4, -0.2) is 24.5 Å². The molecule has 1 aromatic heterocycles. The van der Waals surface area contributed by atoms with E-state index in [0.29, 0.717) is 9.48 Å². The standard InChI is InChI=1S/C13H12BrNO4S2/c1-7-8(2)20-12(15-7)6-21(18,19)9-3-4-11(14)10(5-9)13(16)17/h3-5H,6H2,1-2H3,(H,16,17). The van der Waals surface area contributed by atoms with Crippen molar-refractivity contribution < 1.29 is 18.3 Å². The number of aromatic carboxylic acids is 1. The number of carboxylic acid groups (broad SMARTS) is 1. The maximum atomic E-state index is 12.4. The second kappa shape index (κ2) is 5.86. The fourth-order valence-electron chi connectivity index (χ4n) is 1.71. The molecule has 0 aliphatic carbocycles. The lowest BCUT2D eigenvalue weighted by molar-refractivity contribution is 0.0695. The van der Waals surface area contributed by atoms with E-state index in [1.54, 1.807) is 0 Å². The summed E-state index contributed by atoms with van der Waals surface area (Å²) in [6, 6.07) is 3.98. The lowest BCUT2D eigenvalue weighted by Gasteiger charge is -2.05. The number of sulfone groups is 1. The number of aryl methyl sites for hydroxylation is 2. The van der Waals surface area contributed by atoms with E-state index in [9.17, 15) is 13.2 Å². The summed E-state index contributed by atoms with van der Waals surface area (Å²) in [5.41, 5.74) is 0.731. The first-order valence-corrected chi connectivity index (χ1v) is 9.15. The average Bonchev–Trinajstić information content (AvgIpc) is 2.67. The first kappa shape index (κ1) is 16.1. The maximum absolute atomic E-state index is 12.4. The SMILES string of the molecule is Cc1nc(CS(=O)(=O)c2ccc(Br)c(C(=O)O)c2)sc1C. The van der Waals surface area contributed by atoms with Crippen LogP contribution in [0.25, 0.3) is 0 Å². The van der Waals surface area contributed by atoms with Crippen LogP contribution >= 0.6 is 27.3 Å². The highest BCUT2D eigenvalue weighted by Gasteiger charge is 2.21. The lowest BCUT2D eigenvalue weighted by Crippen LogP contribution is -2.07. The molecule has 0 radical (unpaired) electrons. The second-order valence-corrected chi connectivity index (χ2v) is 8.59. The Hall–Kier alpha value is -1.25. The largest absolute Gasteiger partial charge is 0.478 e. The summed E-state index contributed by atoms with van der Waals surface area (Å²) in [5.74, 6) is -1.41. The van der Waals surface area contributed by atoms with E-state index in [1.165, 1.54) is 23.5 Å². The molecule has 1 N–H and O–H groups in total. The molecule has 0 spiro atoms. The van der Waals surface area contributed by atoms with E-state index >= 15 is 0 Å². The number of thiazole rings is 1. The molecule has 2 rings (SSSR count). The molecular weight excluding hydrogens is 378 g/mol. The first-order chi connectivity index (χ1) is 9.70. The highest BCUT2D eigenvalue weighted by molar-refractivity contribution is 9.10. The van der Waals surface area contributed by atoms with Crippen LogP contribution < -0.4 is 0 Å². The topological polar surface area (TPSA) is 84.3 Å². The number of hydrogen-bond acceptors (Lipinski definition) is 5. The second-order valence-electron chi connectivity index (χ2n) is 4.46. The molecule has 0 saturated heterocycles. The third kappa shape index (κ3) is 3.50. The average molecular weight is 390 g/mol. The first-order valence-electron chi connectivity index (χ1n) is 5.89. The Balaban J connectivity index is 2.40. The van der Waals surface area contributed by atoms with E-state index < -0.39 is 15.8 Å². The Kier molecular flexibility index (Phi) is 4.50. The van der Waals surface area contributed by atoms with Gasteiger partial charge in [0.2, 0.25) is 0 Å². The molecule has 0 amide bonds. The van der Waals surface area contributed by atoms with Crippen molar-refractivity contribution >= 4 is 43.1 Å². The quantitative estimate of drug-likeness (QED) is 0.867. The molecular formula is C13H12BrNO4S2. The van der Waals surface area contributed by atoms with Crippen LogP contribution in [0.3, 0.4) is 0 Å². The number of benzene rings is 1. The zero-order chi connectivity index (χ0) is 15.8. The van der Waals surface area contributed by atoms with Crippen molar-refractivity contribution in [2.45, 2.75) is 24.5 Å². The smallest absolute Gasteiger partial charge is 0.336 e. The predicted molar refractivity (Wildman–Crippen MR) is 83.6 cm³/mol. The summed E-state index contributed by atoms with van der Waals surface area (Å²) >= 11 is 4.43. The highest BCUT2D eigenvalue weighted by atomic mass is 79.9. The molecule has 21 heavy (non-hydrogen) atoms. The number of carbonyl (C=O) groups is 1. The molecule has 5 nitrogen and oxygen atoms in total. The number of halogens is 1. The molecule has 0 bridgehead atoms. The van der Waals surface area contributed by atoms with E-state index in [-0.39, 0.29) is 16.2 Å². The van der Waals surface area contributed by atoms with Crippen LogP contribution in [0.15, 0.2) is 27.6 Å². The Morgan fingerprint density at radius 2 is 2.05 bits per heavy atom.